The van der Waals surface area contributed by atoms with E-state index < -0.39 is 0 Å². The Hall–Kier alpha value is 0.270. The Morgan fingerprint density at radius 3 is 3.14 bits per heavy atom. The van der Waals surface area contributed by atoms with Crippen LogP contribution in [0.15, 0.2) is 0 Å². The average molecular weight is 217 g/mol. The summed E-state index contributed by atoms with van der Waals surface area (Å²) in [4.78, 5) is 0. The van der Waals surface area contributed by atoms with Crippen molar-refractivity contribution in [2.24, 2.45) is 5.92 Å². The van der Waals surface area contributed by atoms with Gasteiger partial charge in [0.1, 0.15) is 0 Å². The lowest BCUT2D eigenvalue weighted by molar-refractivity contribution is 0.0909. The van der Waals surface area contributed by atoms with Crippen LogP contribution in [-0.2, 0) is 4.74 Å². The second kappa shape index (κ2) is 8.57. The third-order valence-electron chi connectivity index (χ3n) is 2.53. The van der Waals surface area contributed by atoms with Gasteiger partial charge in [-0.2, -0.15) is 11.8 Å². The molecule has 0 radical (unpaired) electrons. The van der Waals surface area contributed by atoms with Gasteiger partial charge in [0.25, 0.3) is 0 Å². The van der Waals surface area contributed by atoms with Crippen LogP contribution in [0.25, 0.3) is 0 Å². The van der Waals surface area contributed by atoms with E-state index in [1.54, 1.807) is 0 Å². The summed E-state index contributed by atoms with van der Waals surface area (Å²) in [6, 6.07) is 0. The molecule has 1 rings (SSSR count). The minimum atomic E-state index is 0.766. The topological polar surface area (TPSA) is 21.3 Å². The summed E-state index contributed by atoms with van der Waals surface area (Å²) in [5.41, 5.74) is 0. The van der Waals surface area contributed by atoms with Gasteiger partial charge in [0.15, 0.2) is 0 Å². The largest absolute Gasteiger partial charge is 0.381 e. The molecule has 0 aliphatic carbocycles. The zero-order valence-corrected chi connectivity index (χ0v) is 10.1. The van der Waals surface area contributed by atoms with Crippen molar-refractivity contribution in [2.45, 2.75) is 26.2 Å². The molecule has 1 saturated heterocycles. The van der Waals surface area contributed by atoms with E-state index in [4.69, 9.17) is 4.74 Å². The molecule has 1 aliphatic heterocycles. The van der Waals surface area contributed by atoms with Crippen molar-refractivity contribution in [3.05, 3.63) is 0 Å². The monoisotopic (exact) mass is 217 g/mol. The van der Waals surface area contributed by atoms with E-state index in [2.05, 4.69) is 12.2 Å². The van der Waals surface area contributed by atoms with Gasteiger partial charge in [-0.1, -0.05) is 6.92 Å². The van der Waals surface area contributed by atoms with Gasteiger partial charge in [-0.25, -0.2) is 0 Å². The first-order valence-corrected chi connectivity index (χ1v) is 6.95. The van der Waals surface area contributed by atoms with Gasteiger partial charge in [-0.05, 0) is 43.2 Å². The third-order valence-corrected chi connectivity index (χ3v) is 3.52. The minimum Gasteiger partial charge on any atom is -0.381 e. The molecule has 14 heavy (non-hydrogen) atoms. The predicted octanol–water partition coefficient (Wildman–Crippen LogP) is 2.15. The number of thioether (sulfide) groups is 1. The molecule has 0 aromatic heterocycles. The molecule has 1 atom stereocenters. The summed E-state index contributed by atoms with van der Waals surface area (Å²) in [6.45, 7) is 6.47. The molecule has 84 valence electrons. The summed E-state index contributed by atoms with van der Waals surface area (Å²) < 4.78 is 5.67. The standard InChI is InChI=1S/C11H23NOS/c1-2-14-8-4-7-13-10-11-5-3-6-12-9-11/h11-12H,2-10H2,1H3. The molecule has 3 heteroatoms. The smallest absolute Gasteiger partial charge is 0.0506 e. The molecule has 0 bridgehead atoms. The van der Waals surface area contributed by atoms with Gasteiger partial charge in [0.05, 0.1) is 6.61 Å². The number of rotatable bonds is 7. The second-order valence-corrected chi connectivity index (χ2v) is 5.23. The van der Waals surface area contributed by atoms with Gasteiger partial charge in [0, 0.05) is 13.2 Å². The Labute approximate surface area is 92.2 Å². The maximum absolute atomic E-state index is 5.67. The fraction of sp³-hybridized carbons (Fsp3) is 1.00. The highest BCUT2D eigenvalue weighted by atomic mass is 32.2. The molecule has 0 aromatic carbocycles. The van der Waals surface area contributed by atoms with Crippen LogP contribution in [0.1, 0.15) is 26.2 Å². The zero-order valence-electron chi connectivity index (χ0n) is 9.26. The Morgan fingerprint density at radius 2 is 2.43 bits per heavy atom. The van der Waals surface area contributed by atoms with Gasteiger partial charge in [0.2, 0.25) is 0 Å². The number of ether oxygens (including phenoxy) is 1. The molecule has 1 unspecified atom stereocenters. The van der Waals surface area contributed by atoms with E-state index in [-0.39, 0.29) is 0 Å². The van der Waals surface area contributed by atoms with Crippen molar-refractivity contribution in [1.29, 1.82) is 0 Å². The fourth-order valence-electron chi connectivity index (χ4n) is 1.72. The molecule has 1 heterocycles. The fourth-order valence-corrected chi connectivity index (χ4v) is 2.33. The highest BCUT2D eigenvalue weighted by molar-refractivity contribution is 7.99. The summed E-state index contributed by atoms with van der Waals surface area (Å²) in [6.07, 6.45) is 3.87. The normalized spacial score (nSPS) is 22.5. The van der Waals surface area contributed by atoms with Crippen molar-refractivity contribution in [3.8, 4) is 0 Å². The average Bonchev–Trinajstić information content (AvgIpc) is 2.25. The lowest BCUT2D eigenvalue weighted by atomic mass is 10.0. The molecule has 1 aliphatic rings. The molecule has 1 fully saturated rings. The van der Waals surface area contributed by atoms with E-state index in [0.717, 1.165) is 25.7 Å². The van der Waals surface area contributed by atoms with Crippen LogP contribution >= 0.6 is 11.8 Å². The number of hydrogen-bond acceptors (Lipinski definition) is 3. The quantitative estimate of drug-likeness (QED) is 0.660. The van der Waals surface area contributed by atoms with Crippen LogP contribution in [-0.4, -0.2) is 37.8 Å². The Kier molecular flexibility index (Phi) is 7.55. The first-order chi connectivity index (χ1) is 6.93. The van der Waals surface area contributed by atoms with Crippen molar-refractivity contribution >= 4 is 11.8 Å². The molecule has 1 N–H and O–H groups in total. The van der Waals surface area contributed by atoms with E-state index in [1.165, 1.54) is 37.3 Å². The van der Waals surface area contributed by atoms with Gasteiger partial charge in [-0.15, -0.1) is 0 Å². The lowest BCUT2D eigenvalue weighted by Crippen LogP contribution is -2.32. The Bertz CT molecular complexity index is 126. The molecule has 0 saturated carbocycles. The summed E-state index contributed by atoms with van der Waals surface area (Å²) in [5.74, 6) is 3.24. The maximum Gasteiger partial charge on any atom is 0.0506 e. The van der Waals surface area contributed by atoms with Crippen molar-refractivity contribution in [2.75, 3.05) is 37.8 Å². The van der Waals surface area contributed by atoms with Crippen molar-refractivity contribution in [3.63, 3.8) is 0 Å². The van der Waals surface area contributed by atoms with Crippen LogP contribution in [0.2, 0.25) is 0 Å². The Balaban J connectivity index is 1.82. The number of hydrogen-bond donors (Lipinski definition) is 1. The van der Waals surface area contributed by atoms with E-state index in [9.17, 15) is 0 Å². The number of nitrogens with one attached hydrogen (secondary N) is 1. The second-order valence-electron chi connectivity index (χ2n) is 3.84. The Morgan fingerprint density at radius 1 is 1.50 bits per heavy atom. The van der Waals surface area contributed by atoms with E-state index in [0.29, 0.717) is 0 Å². The summed E-state index contributed by atoms with van der Waals surface area (Å²) in [7, 11) is 0. The first kappa shape index (κ1) is 12.3. The van der Waals surface area contributed by atoms with Crippen molar-refractivity contribution in [1.82, 2.24) is 5.32 Å². The molecule has 2 nitrogen and oxygen atoms in total. The van der Waals surface area contributed by atoms with Crippen LogP contribution in [0.4, 0.5) is 0 Å². The highest BCUT2D eigenvalue weighted by Gasteiger charge is 2.12. The van der Waals surface area contributed by atoms with Crippen LogP contribution in [0, 0.1) is 5.92 Å². The van der Waals surface area contributed by atoms with E-state index >= 15 is 0 Å². The predicted molar refractivity (Wildman–Crippen MR) is 64.0 cm³/mol. The molecular formula is C11H23NOS. The third kappa shape index (κ3) is 5.89. The molecular weight excluding hydrogens is 194 g/mol. The van der Waals surface area contributed by atoms with Crippen LogP contribution < -0.4 is 5.32 Å². The summed E-state index contributed by atoms with van der Waals surface area (Å²) >= 11 is 2.00. The summed E-state index contributed by atoms with van der Waals surface area (Å²) in [5, 5.41) is 3.41. The maximum atomic E-state index is 5.67. The van der Waals surface area contributed by atoms with Crippen LogP contribution in [0.3, 0.4) is 0 Å². The van der Waals surface area contributed by atoms with E-state index in [1.807, 2.05) is 11.8 Å². The van der Waals surface area contributed by atoms with Crippen molar-refractivity contribution < 1.29 is 4.74 Å². The number of piperidine rings is 1. The van der Waals surface area contributed by atoms with Gasteiger partial charge in [-0.3, -0.25) is 0 Å². The zero-order chi connectivity index (χ0) is 10.1. The lowest BCUT2D eigenvalue weighted by Gasteiger charge is -2.22. The molecule has 0 aromatic rings. The minimum absolute atomic E-state index is 0.766. The first-order valence-electron chi connectivity index (χ1n) is 5.79. The highest BCUT2D eigenvalue weighted by Crippen LogP contribution is 2.10. The van der Waals surface area contributed by atoms with Crippen LogP contribution in [0.5, 0.6) is 0 Å². The van der Waals surface area contributed by atoms with Gasteiger partial charge < -0.3 is 10.1 Å². The molecule has 0 amide bonds. The SMILES string of the molecule is CCSCCCOCC1CCCNC1. The molecule has 0 spiro atoms. The van der Waals surface area contributed by atoms with Gasteiger partial charge >= 0.3 is 0 Å².